The van der Waals surface area contributed by atoms with Crippen LogP contribution in [-0.2, 0) is 6.42 Å². The quantitative estimate of drug-likeness (QED) is 0.724. The Kier molecular flexibility index (Phi) is 5.58. The van der Waals surface area contributed by atoms with Crippen LogP contribution in [0, 0.1) is 5.92 Å². The van der Waals surface area contributed by atoms with E-state index in [0.717, 1.165) is 25.1 Å². The standard InChI is InChI=1S/C17H25N5/c1-4-13-5-7-14(8-6-13)22-17-15(18)16(20-11-21-17)19-10-9-12(2)3/h5-8,11-12H,4,9-10,18H2,1-3H3,(H2,19,20,21,22). The first-order valence-corrected chi connectivity index (χ1v) is 7.80. The van der Waals surface area contributed by atoms with Gasteiger partial charge in [-0.3, -0.25) is 0 Å². The molecule has 0 saturated heterocycles. The summed E-state index contributed by atoms with van der Waals surface area (Å²) in [5.74, 6) is 1.96. The smallest absolute Gasteiger partial charge is 0.159 e. The Labute approximate surface area is 132 Å². The molecule has 1 aromatic carbocycles. The van der Waals surface area contributed by atoms with Crippen molar-refractivity contribution in [2.45, 2.75) is 33.6 Å². The van der Waals surface area contributed by atoms with Crippen molar-refractivity contribution in [1.29, 1.82) is 0 Å². The van der Waals surface area contributed by atoms with Gasteiger partial charge in [-0.15, -0.1) is 0 Å². The van der Waals surface area contributed by atoms with Crippen LogP contribution in [0.1, 0.15) is 32.8 Å². The molecule has 0 spiro atoms. The number of benzene rings is 1. The predicted octanol–water partition coefficient (Wildman–Crippen LogP) is 3.82. The first kappa shape index (κ1) is 16.1. The summed E-state index contributed by atoms with van der Waals surface area (Å²) in [5.41, 5.74) is 8.97. The van der Waals surface area contributed by atoms with Crippen LogP contribution < -0.4 is 16.4 Å². The number of nitrogens with one attached hydrogen (secondary N) is 2. The van der Waals surface area contributed by atoms with Crippen molar-refractivity contribution in [3.63, 3.8) is 0 Å². The minimum Gasteiger partial charge on any atom is -0.393 e. The van der Waals surface area contributed by atoms with Crippen molar-refractivity contribution in [3.05, 3.63) is 36.2 Å². The normalized spacial score (nSPS) is 10.7. The van der Waals surface area contributed by atoms with Gasteiger partial charge in [0.2, 0.25) is 0 Å². The van der Waals surface area contributed by atoms with Gasteiger partial charge in [-0.2, -0.15) is 0 Å². The number of rotatable bonds is 7. The highest BCUT2D eigenvalue weighted by molar-refractivity contribution is 5.77. The fourth-order valence-electron chi connectivity index (χ4n) is 2.08. The Hall–Kier alpha value is -2.30. The lowest BCUT2D eigenvalue weighted by atomic mass is 10.1. The van der Waals surface area contributed by atoms with Crippen LogP contribution in [-0.4, -0.2) is 16.5 Å². The molecule has 0 unspecified atom stereocenters. The maximum atomic E-state index is 6.15. The lowest BCUT2D eigenvalue weighted by Crippen LogP contribution is -2.10. The van der Waals surface area contributed by atoms with Crippen LogP contribution in [0.4, 0.5) is 23.0 Å². The largest absolute Gasteiger partial charge is 0.393 e. The fourth-order valence-corrected chi connectivity index (χ4v) is 2.08. The summed E-state index contributed by atoms with van der Waals surface area (Å²) in [6.45, 7) is 7.37. The summed E-state index contributed by atoms with van der Waals surface area (Å²) in [6, 6.07) is 8.27. The van der Waals surface area contributed by atoms with Crippen LogP contribution in [0.25, 0.3) is 0 Å². The van der Waals surface area contributed by atoms with E-state index < -0.39 is 0 Å². The molecule has 5 nitrogen and oxygen atoms in total. The number of hydrogen-bond donors (Lipinski definition) is 3. The molecule has 0 aliphatic carbocycles. The van der Waals surface area contributed by atoms with Gasteiger partial charge in [0, 0.05) is 12.2 Å². The summed E-state index contributed by atoms with van der Waals surface area (Å²) in [7, 11) is 0. The SMILES string of the molecule is CCc1ccc(Nc2ncnc(NCCC(C)C)c2N)cc1. The van der Waals surface area contributed by atoms with Crippen molar-refractivity contribution < 1.29 is 0 Å². The summed E-state index contributed by atoms with van der Waals surface area (Å²) in [5, 5.41) is 6.52. The molecule has 0 aliphatic heterocycles. The Morgan fingerprint density at radius 2 is 1.77 bits per heavy atom. The van der Waals surface area contributed by atoms with Crippen molar-refractivity contribution in [1.82, 2.24) is 9.97 Å². The zero-order valence-corrected chi connectivity index (χ0v) is 13.6. The molecule has 0 fully saturated rings. The molecule has 1 heterocycles. The summed E-state index contributed by atoms with van der Waals surface area (Å²) in [6.07, 6.45) is 3.63. The second-order valence-corrected chi connectivity index (χ2v) is 5.77. The van der Waals surface area contributed by atoms with Crippen LogP contribution in [0.2, 0.25) is 0 Å². The zero-order valence-electron chi connectivity index (χ0n) is 13.6. The second kappa shape index (κ2) is 7.64. The molecule has 22 heavy (non-hydrogen) atoms. The molecule has 2 aromatic rings. The van der Waals surface area contributed by atoms with E-state index in [1.54, 1.807) is 0 Å². The first-order chi connectivity index (χ1) is 10.6. The minimum atomic E-state index is 0.547. The molecule has 1 aromatic heterocycles. The lowest BCUT2D eigenvalue weighted by molar-refractivity contribution is 0.606. The first-order valence-electron chi connectivity index (χ1n) is 7.80. The van der Waals surface area contributed by atoms with Crippen molar-refractivity contribution >= 4 is 23.0 Å². The third kappa shape index (κ3) is 4.35. The fraction of sp³-hybridized carbons (Fsp3) is 0.412. The molecular weight excluding hydrogens is 274 g/mol. The highest BCUT2D eigenvalue weighted by Crippen LogP contribution is 2.26. The zero-order chi connectivity index (χ0) is 15.9. The molecule has 0 atom stereocenters. The van der Waals surface area contributed by atoms with Gasteiger partial charge in [-0.05, 0) is 36.5 Å². The molecular formula is C17H25N5. The molecule has 2 rings (SSSR count). The third-order valence-corrected chi connectivity index (χ3v) is 3.52. The van der Waals surface area contributed by atoms with E-state index >= 15 is 0 Å². The van der Waals surface area contributed by atoms with Crippen LogP contribution >= 0.6 is 0 Å². The number of nitrogens with zero attached hydrogens (tertiary/aromatic N) is 2. The topological polar surface area (TPSA) is 75.9 Å². The number of aryl methyl sites for hydroxylation is 1. The number of hydrogen-bond acceptors (Lipinski definition) is 5. The molecule has 118 valence electrons. The maximum Gasteiger partial charge on any atom is 0.159 e. The molecule has 0 aliphatic rings. The van der Waals surface area contributed by atoms with Gasteiger partial charge in [0.15, 0.2) is 11.6 Å². The average Bonchev–Trinajstić information content (AvgIpc) is 2.51. The van der Waals surface area contributed by atoms with Crippen molar-refractivity contribution in [3.8, 4) is 0 Å². The number of anilines is 4. The van der Waals surface area contributed by atoms with Gasteiger partial charge in [-0.25, -0.2) is 9.97 Å². The van der Waals surface area contributed by atoms with Crippen molar-refractivity contribution in [2.75, 3.05) is 22.9 Å². The Morgan fingerprint density at radius 1 is 1.09 bits per heavy atom. The average molecular weight is 299 g/mol. The number of aromatic nitrogens is 2. The second-order valence-electron chi connectivity index (χ2n) is 5.77. The lowest BCUT2D eigenvalue weighted by Gasteiger charge is -2.13. The van der Waals surface area contributed by atoms with E-state index in [2.05, 4.69) is 53.5 Å². The van der Waals surface area contributed by atoms with E-state index in [0.29, 0.717) is 23.2 Å². The maximum absolute atomic E-state index is 6.15. The molecule has 0 saturated carbocycles. The Bertz CT molecular complexity index is 592. The van der Waals surface area contributed by atoms with Gasteiger partial charge in [0.25, 0.3) is 0 Å². The predicted molar refractivity (Wildman–Crippen MR) is 93.5 cm³/mol. The van der Waals surface area contributed by atoms with E-state index in [1.807, 2.05) is 12.1 Å². The van der Waals surface area contributed by atoms with Gasteiger partial charge in [0.05, 0.1) is 0 Å². The van der Waals surface area contributed by atoms with Crippen molar-refractivity contribution in [2.24, 2.45) is 5.92 Å². The Morgan fingerprint density at radius 3 is 2.41 bits per heavy atom. The summed E-state index contributed by atoms with van der Waals surface area (Å²) in [4.78, 5) is 8.45. The van der Waals surface area contributed by atoms with Gasteiger partial charge in [-0.1, -0.05) is 32.9 Å². The highest BCUT2D eigenvalue weighted by atomic mass is 15.1. The molecule has 0 amide bonds. The van der Waals surface area contributed by atoms with Crippen LogP contribution in [0.15, 0.2) is 30.6 Å². The molecule has 0 radical (unpaired) electrons. The van der Waals surface area contributed by atoms with Crippen LogP contribution in [0.5, 0.6) is 0 Å². The monoisotopic (exact) mass is 299 g/mol. The number of nitrogen functional groups attached to an aromatic ring is 1. The Balaban J connectivity index is 2.07. The van der Waals surface area contributed by atoms with Gasteiger partial charge >= 0.3 is 0 Å². The van der Waals surface area contributed by atoms with Crippen LogP contribution in [0.3, 0.4) is 0 Å². The molecule has 0 bridgehead atoms. The third-order valence-electron chi connectivity index (χ3n) is 3.52. The number of nitrogens with two attached hydrogens (primary N) is 1. The van der Waals surface area contributed by atoms with Gasteiger partial charge < -0.3 is 16.4 Å². The summed E-state index contributed by atoms with van der Waals surface area (Å²) >= 11 is 0. The van der Waals surface area contributed by atoms with E-state index in [9.17, 15) is 0 Å². The minimum absolute atomic E-state index is 0.547. The van der Waals surface area contributed by atoms with E-state index in [1.165, 1.54) is 11.9 Å². The van der Waals surface area contributed by atoms with Gasteiger partial charge in [0.1, 0.15) is 12.0 Å². The summed E-state index contributed by atoms with van der Waals surface area (Å²) < 4.78 is 0. The van der Waals surface area contributed by atoms with E-state index in [-0.39, 0.29) is 0 Å². The molecule has 4 N–H and O–H groups in total. The highest BCUT2D eigenvalue weighted by Gasteiger charge is 2.08. The molecule has 5 heteroatoms. The van der Waals surface area contributed by atoms with E-state index in [4.69, 9.17) is 5.73 Å².